The number of quaternary nitrogens is 1. The summed E-state index contributed by atoms with van der Waals surface area (Å²) < 4.78 is 20.9. The zero-order valence-electron chi connectivity index (χ0n) is 22.0. The van der Waals surface area contributed by atoms with Gasteiger partial charge in [-0.3, -0.25) is 0 Å². The van der Waals surface area contributed by atoms with Crippen molar-refractivity contribution in [2.45, 2.75) is 48.7 Å². The van der Waals surface area contributed by atoms with E-state index >= 15 is 0 Å². The summed E-state index contributed by atoms with van der Waals surface area (Å²) in [6.45, 7) is 2.42. The van der Waals surface area contributed by atoms with Gasteiger partial charge in [-0.1, -0.05) is 18.2 Å². The lowest BCUT2D eigenvalue weighted by Gasteiger charge is -2.47. The zero-order valence-corrected chi connectivity index (χ0v) is 22.0. The number of nitrogens with one attached hydrogen (secondary N) is 1. The van der Waals surface area contributed by atoms with Crippen LogP contribution in [0.1, 0.15) is 6.42 Å². The Labute approximate surface area is 234 Å². The fourth-order valence-electron chi connectivity index (χ4n) is 5.31. The van der Waals surface area contributed by atoms with Gasteiger partial charge in [0, 0.05) is 11.8 Å². The number of hydrogen-bond acceptors (Lipinski definition) is 15. The van der Waals surface area contributed by atoms with Gasteiger partial charge >= 0.3 is 5.97 Å². The molecule has 0 spiro atoms. The maximum absolute atomic E-state index is 12.7. The third-order valence-corrected chi connectivity index (χ3v) is 7.55. The second-order valence-electron chi connectivity index (χ2n) is 10.2. The van der Waals surface area contributed by atoms with Crippen molar-refractivity contribution in [2.75, 3.05) is 39.6 Å². The van der Waals surface area contributed by atoms with Crippen LogP contribution in [0, 0.1) is 17.8 Å². The van der Waals surface area contributed by atoms with Gasteiger partial charge in [0.2, 0.25) is 12.1 Å². The monoisotopic (exact) mass is 591 g/mol. The fourth-order valence-corrected chi connectivity index (χ4v) is 5.31. The van der Waals surface area contributed by atoms with Crippen molar-refractivity contribution in [1.82, 2.24) is 0 Å². The molecule has 232 valence electrons. The lowest BCUT2D eigenvalue weighted by molar-refractivity contribution is -0.911. The fraction of sp³-hybridized carbons (Fsp3) is 0.680. The molecule has 0 aliphatic carbocycles. The van der Waals surface area contributed by atoms with Crippen molar-refractivity contribution in [3.8, 4) is 0 Å². The predicted octanol–water partition coefficient (Wildman–Crippen LogP) is -6.79. The number of carbonyl (C=O) groups excluding carboxylic acids is 2. The van der Waals surface area contributed by atoms with E-state index in [0.29, 0.717) is 6.54 Å². The van der Waals surface area contributed by atoms with E-state index in [-0.39, 0.29) is 26.1 Å². The molecule has 3 rings (SSSR count). The number of likely N-dealkylation sites (tertiary alicyclic amines) is 1. The maximum Gasteiger partial charge on any atom is 0.342 e. The van der Waals surface area contributed by atoms with Crippen LogP contribution in [0.5, 0.6) is 0 Å². The first kappa shape index (κ1) is 33.0. The Balaban J connectivity index is 1.94. The molecule has 10 atom stereocenters. The van der Waals surface area contributed by atoms with Crippen LogP contribution >= 0.6 is 0 Å². The first-order valence-electron chi connectivity index (χ1n) is 12.9. The highest BCUT2D eigenvalue weighted by molar-refractivity contribution is 5.91. The normalized spacial score (nSPS) is 39.0. The zero-order chi connectivity index (χ0) is 30.5. The number of hydrogen-bond donors (Lipinski definition) is 9. The van der Waals surface area contributed by atoms with Gasteiger partial charge in [0.15, 0.2) is 19.2 Å². The largest absolute Gasteiger partial charge is 0.550 e. The molecular formula is C25H37NO15. The van der Waals surface area contributed by atoms with Crippen LogP contribution in [0.25, 0.3) is 0 Å². The van der Waals surface area contributed by atoms with Crippen LogP contribution in [-0.4, -0.2) is 135 Å². The molecule has 0 amide bonds. The molecule has 3 unspecified atom stereocenters. The third kappa shape index (κ3) is 6.95. The van der Waals surface area contributed by atoms with Gasteiger partial charge in [0.1, 0.15) is 36.2 Å². The SMILES string of the molecule is C=C[C@@H]1[C@H](O[C@H]2O[C@H](CO)[C@@H](O)C(O)(O)[C@H]2O)OC=C(C(=O)OCO)[C@@]1(O)C=CC1CC(C(=O)[O-])C[NH+](CCO)C1. The van der Waals surface area contributed by atoms with Crippen molar-refractivity contribution in [3.05, 3.63) is 36.6 Å². The number of aliphatic hydroxyl groups excluding tert-OH is 5. The maximum atomic E-state index is 12.7. The molecule has 3 aliphatic heterocycles. The minimum Gasteiger partial charge on any atom is -0.550 e. The Morgan fingerprint density at radius 2 is 1.85 bits per heavy atom. The summed E-state index contributed by atoms with van der Waals surface area (Å²) in [7, 11) is 0. The summed E-state index contributed by atoms with van der Waals surface area (Å²) in [6.07, 6.45) is -4.86. The molecule has 3 heterocycles. The second kappa shape index (κ2) is 13.7. The lowest BCUT2D eigenvalue weighted by atomic mass is 9.77. The quantitative estimate of drug-likeness (QED) is 0.0614. The number of ether oxygens (including phenoxy) is 4. The first-order valence-corrected chi connectivity index (χ1v) is 12.9. The summed E-state index contributed by atoms with van der Waals surface area (Å²) in [5.74, 6) is -8.32. The van der Waals surface area contributed by atoms with Crippen molar-refractivity contribution >= 4 is 11.9 Å². The van der Waals surface area contributed by atoms with E-state index < -0.39 is 90.9 Å². The predicted molar refractivity (Wildman–Crippen MR) is 129 cm³/mol. The molecule has 0 saturated carbocycles. The summed E-state index contributed by atoms with van der Waals surface area (Å²) in [5.41, 5.74) is -2.83. The Kier molecular flexibility index (Phi) is 11.0. The highest BCUT2D eigenvalue weighted by Crippen LogP contribution is 2.40. The summed E-state index contributed by atoms with van der Waals surface area (Å²) in [6, 6.07) is 0. The van der Waals surface area contributed by atoms with Crippen molar-refractivity contribution in [1.29, 1.82) is 0 Å². The topological polar surface area (TPSA) is 260 Å². The van der Waals surface area contributed by atoms with Gasteiger partial charge in [-0.05, 0) is 6.42 Å². The van der Waals surface area contributed by atoms with Crippen LogP contribution in [0.15, 0.2) is 36.6 Å². The first-order chi connectivity index (χ1) is 19.3. The van der Waals surface area contributed by atoms with E-state index in [4.69, 9.17) is 19.3 Å². The average Bonchev–Trinajstić information content (AvgIpc) is 2.93. The van der Waals surface area contributed by atoms with Gasteiger partial charge in [0.25, 0.3) is 0 Å². The Bertz CT molecular complexity index is 1000. The van der Waals surface area contributed by atoms with E-state index in [1.165, 1.54) is 12.2 Å². The van der Waals surface area contributed by atoms with Crippen LogP contribution in [0.2, 0.25) is 0 Å². The molecule has 41 heavy (non-hydrogen) atoms. The van der Waals surface area contributed by atoms with Gasteiger partial charge in [-0.2, -0.15) is 0 Å². The van der Waals surface area contributed by atoms with E-state index in [1.807, 2.05) is 0 Å². The van der Waals surface area contributed by atoms with Crippen molar-refractivity contribution in [2.24, 2.45) is 17.8 Å². The van der Waals surface area contributed by atoms with E-state index in [9.17, 15) is 50.4 Å². The summed E-state index contributed by atoms with van der Waals surface area (Å²) >= 11 is 0. The van der Waals surface area contributed by atoms with Crippen LogP contribution in [-0.2, 0) is 28.5 Å². The molecule has 0 radical (unpaired) electrons. The number of rotatable bonds is 11. The van der Waals surface area contributed by atoms with Gasteiger partial charge in [0.05, 0.1) is 38.2 Å². The number of carboxylic acid groups (broad SMARTS) is 1. The molecule has 0 aromatic rings. The standard InChI is InChI=1S/C25H37NO15/c1-2-15-22(41-23-19(31)25(36,37)18(30)17(10-28)40-23)38-11-16(21(34)39-12-29)24(15,35)4-3-13-7-14(20(32)33)9-26(8-13)5-6-27/h2-4,11,13-15,17-19,22-23,27-31,35-37H,1,5-10,12H2,(H,32,33)/t13?,14?,15-,17-,18-,19+,22+,23-,24-/m1/s1. The molecular weight excluding hydrogens is 554 g/mol. The molecule has 16 heteroatoms. The van der Waals surface area contributed by atoms with Crippen LogP contribution < -0.4 is 10.0 Å². The number of esters is 1. The summed E-state index contributed by atoms with van der Waals surface area (Å²) in [4.78, 5) is 25.0. The third-order valence-electron chi connectivity index (χ3n) is 7.55. The number of carboxylic acids is 1. The number of aliphatic carboxylic acids is 1. The van der Waals surface area contributed by atoms with Gasteiger partial charge in [-0.25, -0.2) is 4.79 Å². The lowest BCUT2D eigenvalue weighted by Crippen LogP contribution is -3.15. The van der Waals surface area contributed by atoms with Gasteiger partial charge in [-0.15, -0.1) is 6.58 Å². The van der Waals surface area contributed by atoms with Crippen LogP contribution in [0.4, 0.5) is 0 Å². The molecule has 9 N–H and O–H groups in total. The molecule has 0 bridgehead atoms. The number of piperidine rings is 1. The Morgan fingerprint density at radius 1 is 1.15 bits per heavy atom. The van der Waals surface area contributed by atoms with Crippen LogP contribution in [0.3, 0.4) is 0 Å². The molecule has 3 aliphatic rings. The molecule has 2 fully saturated rings. The number of aliphatic hydroxyl groups is 8. The number of carbonyl (C=O) groups is 2. The smallest absolute Gasteiger partial charge is 0.342 e. The average molecular weight is 592 g/mol. The molecule has 0 aromatic carbocycles. The highest BCUT2D eigenvalue weighted by Gasteiger charge is 2.57. The molecule has 2 saturated heterocycles. The minimum atomic E-state index is -3.17. The summed E-state index contributed by atoms with van der Waals surface area (Å²) in [5, 5.41) is 92.0. The minimum absolute atomic E-state index is 0.140. The van der Waals surface area contributed by atoms with Crippen molar-refractivity contribution < 1.29 is 79.4 Å². The van der Waals surface area contributed by atoms with Gasteiger partial charge < -0.3 is 74.6 Å². The van der Waals surface area contributed by atoms with E-state index in [0.717, 1.165) is 17.2 Å². The Hall–Kier alpha value is -2.48. The molecule has 0 aromatic heterocycles. The molecule has 16 nitrogen and oxygen atoms in total. The van der Waals surface area contributed by atoms with E-state index in [2.05, 4.69) is 11.3 Å². The Morgan fingerprint density at radius 3 is 2.44 bits per heavy atom. The highest BCUT2D eigenvalue weighted by atomic mass is 16.8. The van der Waals surface area contributed by atoms with Crippen molar-refractivity contribution in [3.63, 3.8) is 0 Å². The second-order valence-corrected chi connectivity index (χ2v) is 10.2. The van der Waals surface area contributed by atoms with E-state index in [1.54, 1.807) is 0 Å².